The summed E-state index contributed by atoms with van der Waals surface area (Å²) in [6.07, 6.45) is -4.69. The van der Waals surface area contributed by atoms with Gasteiger partial charge in [-0.3, -0.25) is 10.5 Å². The standard InChI is InChI=1S/C4H6O8.2K/c5-3(6)1(11-9)2(12-10)4(7)8;;/h1-2,9-10H,(H,5,6)(H,7,8);;/q;2*+1/p-2. The van der Waals surface area contributed by atoms with E-state index in [-0.39, 0.29) is 103 Å². The first kappa shape index (κ1) is 21.3. The van der Waals surface area contributed by atoms with Crippen LogP contribution in [0.4, 0.5) is 0 Å². The Morgan fingerprint density at radius 1 is 0.929 bits per heavy atom. The molecule has 8 nitrogen and oxygen atoms in total. The minimum absolute atomic E-state index is 0. The third-order valence-electron chi connectivity index (χ3n) is 0.967. The minimum atomic E-state index is -2.35. The van der Waals surface area contributed by atoms with E-state index in [1.807, 2.05) is 0 Å². The van der Waals surface area contributed by atoms with Crippen LogP contribution in [0.1, 0.15) is 0 Å². The number of hydrogen-bond acceptors (Lipinski definition) is 8. The summed E-state index contributed by atoms with van der Waals surface area (Å²) in [7, 11) is 0. The first-order chi connectivity index (χ1) is 5.54. The molecular weight excluding hydrogens is 254 g/mol. The van der Waals surface area contributed by atoms with Crippen LogP contribution in [0.2, 0.25) is 0 Å². The molecule has 14 heavy (non-hydrogen) atoms. The molecule has 0 spiro atoms. The van der Waals surface area contributed by atoms with Gasteiger partial charge in [0.05, 0.1) is 11.9 Å². The van der Waals surface area contributed by atoms with Crippen molar-refractivity contribution >= 4 is 11.9 Å². The van der Waals surface area contributed by atoms with Gasteiger partial charge in [0.2, 0.25) is 0 Å². The molecule has 70 valence electrons. The van der Waals surface area contributed by atoms with Crippen molar-refractivity contribution in [2.75, 3.05) is 0 Å². The normalized spacial score (nSPS) is 13.0. The van der Waals surface area contributed by atoms with Gasteiger partial charge >= 0.3 is 103 Å². The van der Waals surface area contributed by atoms with Crippen molar-refractivity contribution in [1.82, 2.24) is 0 Å². The smallest absolute Gasteiger partial charge is 0.547 e. The van der Waals surface area contributed by atoms with Crippen molar-refractivity contribution in [2.45, 2.75) is 12.2 Å². The molecule has 0 aromatic carbocycles. The zero-order valence-corrected chi connectivity index (χ0v) is 13.7. The molecule has 0 aromatic heterocycles. The van der Waals surface area contributed by atoms with E-state index in [0.717, 1.165) is 0 Å². The second-order valence-electron chi connectivity index (χ2n) is 1.69. The Labute approximate surface area is 163 Å². The van der Waals surface area contributed by atoms with Gasteiger partial charge in [0.1, 0.15) is 0 Å². The maximum Gasteiger partial charge on any atom is 1.00 e. The fraction of sp³-hybridized carbons (Fsp3) is 0.500. The van der Waals surface area contributed by atoms with Crippen molar-refractivity contribution in [3.63, 3.8) is 0 Å². The molecule has 10 heteroatoms. The first-order valence-corrected chi connectivity index (χ1v) is 2.56. The van der Waals surface area contributed by atoms with E-state index in [2.05, 4.69) is 9.78 Å². The topological polar surface area (TPSA) is 139 Å². The fourth-order valence-electron chi connectivity index (χ4n) is 0.444. The molecule has 0 aliphatic rings. The molecule has 0 aliphatic carbocycles. The number of rotatable bonds is 5. The second kappa shape index (κ2) is 11.5. The number of aliphatic carboxylic acids is 2. The first-order valence-electron chi connectivity index (χ1n) is 2.56. The van der Waals surface area contributed by atoms with Gasteiger partial charge < -0.3 is 19.8 Å². The molecule has 2 atom stereocenters. The van der Waals surface area contributed by atoms with Gasteiger partial charge in [-0.2, -0.15) is 0 Å². The summed E-state index contributed by atoms with van der Waals surface area (Å²) in [4.78, 5) is 26.2. The van der Waals surface area contributed by atoms with Gasteiger partial charge in [-0.25, -0.2) is 9.78 Å². The third kappa shape index (κ3) is 7.35. The molecule has 0 rings (SSSR count). The van der Waals surface area contributed by atoms with Gasteiger partial charge in [-0.15, -0.1) is 0 Å². The molecule has 0 saturated heterocycles. The molecule has 0 saturated carbocycles. The zero-order chi connectivity index (χ0) is 9.72. The quantitative estimate of drug-likeness (QED) is 0.281. The van der Waals surface area contributed by atoms with Gasteiger partial charge in [0.25, 0.3) is 0 Å². The van der Waals surface area contributed by atoms with E-state index in [4.69, 9.17) is 10.5 Å². The Bertz CT molecular complexity index is 164. The Morgan fingerprint density at radius 2 is 1.14 bits per heavy atom. The largest absolute Gasteiger partial charge is 1.00 e. The summed E-state index contributed by atoms with van der Waals surface area (Å²) in [5.74, 6) is -4.14. The number of carboxylic acids is 2. The average molecular weight is 258 g/mol. The summed E-state index contributed by atoms with van der Waals surface area (Å²) in [6.45, 7) is 0. The van der Waals surface area contributed by atoms with Crippen molar-refractivity contribution < 1.29 is 143 Å². The van der Waals surface area contributed by atoms with Crippen LogP contribution in [0.15, 0.2) is 0 Å². The van der Waals surface area contributed by atoms with Crippen molar-refractivity contribution in [1.29, 1.82) is 0 Å². The zero-order valence-electron chi connectivity index (χ0n) is 7.50. The SMILES string of the molecule is O=C([O-])C(OO)C(OO)C(=O)[O-].[K+].[K+]. The summed E-state index contributed by atoms with van der Waals surface area (Å²) < 4.78 is 0. The van der Waals surface area contributed by atoms with Gasteiger partial charge in [-0.1, -0.05) is 0 Å². The Balaban J connectivity index is -0.000000605. The summed E-state index contributed by atoms with van der Waals surface area (Å²) in [5.41, 5.74) is 0. The van der Waals surface area contributed by atoms with Crippen LogP contribution in [-0.2, 0) is 19.4 Å². The summed E-state index contributed by atoms with van der Waals surface area (Å²) in [6, 6.07) is 0. The number of carbonyl (C=O) groups excluding carboxylic acids is 2. The second-order valence-corrected chi connectivity index (χ2v) is 1.69. The van der Waals surface area contributed by atoms with Crippen molar-refractivity contribution in [3.05, 3.63) is 0 Å². The molecular formula is C4H4K2O8. The molecule has 0 amide bonds. The van der Waals surface area contributed by atoms with Crippen LogP contribution in [0, 0.1) is 0 Å². The summed E-state index contributed by atoms with van der Waals surface area (Å²) >= 11 is 0. The van der Waals surface area contributed by atoms with Crippen LogP contribution in [0.3, 0.4) is 0 Å². The number of hydrogen-bond donors (Lipinski definition) is 2. The summed E-state index contributed by atoms with van der Waals surface area (Å²) in [5, 5.41) is 35.6. The van der Waals surface area contributed by atoms with Crippen LogP contribution in [-0.4, -0.2) is 34.7 Å². The number of carboxylic acid groups (broad SMARTS) is 2. The molecule has 0 aromatic rings. The fourth-order valence-corrected chi connectivity index (χ4v) is 0.444. The van der Waals surface area contributed by atoms with E-state index in [0.29, 0.717) is 0 Å². The van der Waals surface area contributed by atoms with E-state index >= 15 is 0 Å². The molecule has 2 unspecified atom stereocenters. The average Bonchev–Trinajstić information content (AvgIpc) is 1.98. The monoisotopic (exact) mass is 258 g/mol. The Morgan fingerprint density at radius 3 is 1.21 bits per heavy atom. The minimum Gasteiger partial charge on any atom is -0.547 e. The maximum atomic E-state index is 9.96. The van der Waals surface area contributed by atoms with Crippen LogP contribution >= 0.6 is 0 Å². The maximum absolute atomic E-state index is 9.96. The Hall–Kier alpha value is 2.05. The van der Waals surface area contributed by atoms with E-state index < -0.39 is 24.1 Å². The molecule has 0 fully saturated rings. The van der Waals surface area contributed by atoms with Crippen molar-refractivity contribution in [2.24, 2.45) is 0 Å². The predicted octanol–water partition coefficient (Wildman–Crippen LogP) is -9.79. The van der Waals surface area contributed by atoms with Gasteiger partial charge in [-0.05, 0) is 0 Å². The van der Waals surface area contributed by atoms with Crippen LogP contribution < -0.4 is 113 Å². The van der Waals surface area contributed by atoms with Crippen LogP contribution in [0.5, 0.6) is 0 Å². The molecule has 0 aliphatic heterocycles. The number of carbonyl (C=O) groups is 2. The molecule has 0 radical (unpaired) electrons. The van der Waals surface area contributed by atoms with Crippen LogP contribution in [0.25, 0.3) is 0 Å². The molecule has 0 heterocycles. The van der Waals surface area contributed by atoms with Crippen molar-refractivity contribution in [3.8, 4) is 0 Å². The molecule has 2 N–H and O–H groups in total. The Kier molecular flexibility index (Phi) is 17.6. The third-order valence-corrected chi connectivity index (χ3v) is 0.967. The van der Waals surface area contributed by atoms with E-state index in [1.165, 1.54) is 0 Å². The van der Waals surface area contributed by atoms with Gasteiger partial charge in [0, 0.05) is 0 Å². The van der Waals surface area contributed by atoms with E-state index in [1.54, 1.807) is 0 Å². The predicted molar refractivity (Wildman–Crippen MR) is 25.0 cm³/mol. The van der Waals surface area contributed by atoms with Gasteiger partial charge in [0.15, 0.2) is 12.2 Å². The van der Waals surface area contributed by atoms with E-state index in [9.17, 15) is 19.8 Å². The molecule has 0 bridgehead atoms.